The smallest absolute Gasteiger partial charge is 0.251 e. The van der Waals surface area contributed by atoms with Crippen molar-refractivity contribution < 1.29 is 13.9 Å². The second kappa shape index (κ2) is 7.24. The molecule has 0 aromatic rings. The van der Waals surface area contributed by atoms with E-state index in [-0.39, 0.29) is 37.2 Å². The normalized spacial score (nSPS) is 16.6. The van der Waals surface area contributed by atoms with Crippen LogP contribution in [0.25, 0.3) is 0 Å². The van der Waals surface area contributed by atoms with Gasteiger partial charge in [0.05, 0.1) is 13.2 Å². The minimum absolute atomic E-state index is 0.129. The van der Waals surface area contributed by atoms with E-state index in [1.54, 1.807) is 4.90 Å². The number of halogens is 2. The van der Waals surface area contributed by atoms with Crippen LogP contribution >= 0.6 is 0 Å². The highest BCUT2D eigenvalue weighted by molar-refractivity contribution is 4.90. The molecule has 0 heterocycles. The lowest BCUT2D eigenvalue weighted by molar-refractivity contribution is 0.00991. The third kappa shape index (κ3) is 5.75. The number of hydrogen-bond acceptors (Lipinski definition) is 3. The summed E-state index contributed by atoms with van der Waals surface area (Å²) >= 11 is 0. The Balaban J connectivity index is 4.93. The molecule has 17 heavy (non-hydrogen) atoms. The highest BCUT2D eigenvalue weighted by Crippen LogP contribution is 2.28. The van der Waals surface area contributed by atoms with Gasteiger partial charge in [0.1, 0.15) is 0 Å². The fourth-order valence-electron chi connectivity index (χ4n) is 2.33. The van der Waals surface area contributed by atoms with Crippen LogP contribution in [-0.2, 0) is 0 Å². The van der Waals surface area contributed by atoms with Gasteiger partial charge in [-0.15, -0.1) is 0 Å². The maximum absolute atomic E-state index is 12.6. The van der Waals surface area contributed by atoms with Gasteiger partial charge in [0.15, 0.2) is 0 Å². The number of alkyl halides is 2. The van der Waals surface area contributed by atoms with Crippen molar-refractivity contribution in [2.75, 3.05) is 19.7 Å². The summed E-state index contributed by atoms with van der Waals surface area (Å²) in [6.45, 7) is 7.68. The first-order valence-corrected chi connectivity index (χ1v) is 6.12. The Morgan fingerprint density at radius 1 is 1.29 bits per heavy atom. The fraction of sp³-hybridized carbons (Fsp3) is 1.00. The molecule has 5 heteroatoms. The molecule has 0 aliphatic carbocycles. The molecule has 3 nitrogen and oxygen atoms in total. The molecule has 0 amide bonds. The molecule has 0 saturated carbocycles. The van der Waals surface area contributed by atoms with Crippen molar-refractivity contribution in [2.45, 2.75) is 52.6 Å². The first-order chi connectivity index (χ1) is 7.73. The largest absolute Gasteiger partial charge is 0.395 e. The van der Waals surface area contributed by atoms with E-state index in [0.29, 0.717) is 0 Å². The maximum Gasteiger partial charge on any atom is 0.251 e. The van der Waals surface area contributed by atoms with Gasteiger partial charge in [-0.2, -0.15) is 0 Å². The summed E-state index contributed by atoms with van der Waals surface area (Å²) in [6.07, 6.45) is -1.68. The number of aliphatic hydroxyl groups is 1. The van der Waals surface area contributed by atoms with Gasteiger partial charge in [-0.05, 0) is 11.8 Å². The van der Waals surface area contributed by atoms with Crippen LogP contribution in [0.3, 0.4) is 0 Å². The average Bonchev–Trinajstić information content (AvgIpc) is 2.14. The van der Waals surface area contributed by atoms with E-state index >= 15 is 0 Å². The molecule has 2 unspecified atom stereocenters. The summed E-state index contributed by atoms with van der Waals surface area (Å²) in [5.41, 5.74) is 5.85. The van der Waals surface area contributed by atoms with Crippen molar-refractivity contribution in [3.63, 3.8) is 0 Å². The highest BCUT2D eigenvalue weighted by Gasteiger charge is 2.35. The Kier molecular flexibility index (Phi) is 7.13. The summed E-state index contributed by atoms with van der Waals surface area (Å²) in [5, 5.41) is 8.99. The Morgan fingerprint density at radius 3 is 2.12 bits per heavy atom. The summed E-state index contributed by atoms with van der Waals surface area (Å²) in [7, 11) is 0. The van der Waals surface area contributed by atoms with Crippen LogP contribution in [0.4, 0.5) is 8.78 Å². The van der Waals surface area contributed by atoms with E-state index in [1.807, 2.05) is 27.7 Å². The molecule has 0 aliphatic rings. The summed E-state index contributed by atoms with van der Waals surface area (Å²) in [5.74, 6) is 0. The first kappa shape index (κ1) is 16.7. The van der Waals surface area contributed by atoms with Crippen molar-refractivity contribution in [3.05, 3.63) is 0 Å². The minimum Gasteiger partial charge on any atom is -0.395 e. The molecule has 3 N–H and O–H groups in total. The topological polar surface area (TPSA) is 49.5 Å². The quantitative estimate of drug-likeness (QED) is 0.725. The van der Waals surface area contributed by atoms with Crippen molar-refractivity contribution in [1.29, 1.82) is 0 Å². The van der Waals surface area contributed by atoms with Gasteiger partial charge in [-0.25, -0.2) is 8.78 Å². The number of nitrogens with zero attached hydrogens (tertiary/aromatic N) is 1. The van der Waals surface area contributed by atoms with Crippen LogP contribution in [0.1, 0.15) is 34.1 Å². The van der Waals surface area contributed by atoms with E-state index in [9.17, 15) is 8.78 Å². The lowest BCUT2D eigenvalue weighted by Crippen LogP contribution is -2.56. The molecule has 0 bridgehead atoms. The Bertz CT molecular complexity index is 207. The minimum atomic E-state index is -2.41. The molecule has 0 fully saturated rings. The molecular weight excluding hydrogens is 226 g/mol. The summed E-state index contributed by atoms with van der Waals surface area (Å²) < 4.78 is 25.1. The first-order valence-electron chi connectivity index (χ1n) is 6.12. The van der Waals surface area contributed by atoms with Gasteiger partial charge in [0, 0.05) is 18.6 Å². The zero-order valence-electron chi connectivity index (χ0n) is 11.3. The predicted molar refractivity (Wildman–Crippen MR) is 66.2 cm³/mol. The number of aliphatic hydroxyl groups excluding tert-OH is 1. The molecule has 0 radical (unpaired) electrons. The lowest BCUT2D eigenvalue weighted by atomic mass is 9.80. The van der Waals surface area contributed by atoms with Crippen molar-refractivity contribution in [3.8, 4) is 0 Å². The van der Waals surface area contributed by atoms with Gasteiger partial charge in [0.25, 0.3) is 6.43 Å². The number of nitrogens with two attached hydrogens (primary N) is 1. The van der Waals surface area contributed by atoms with Crippen molar-refractivity contribution in [1.82, 2.24) is 4.90 Å². The van der Waals surface area contributed by atoms with Crippen LogP contribution in [0, 0.1) is 5.41 Å². The van der Waals surface area contributed by atoms with E-state index in [1.165, 1.54) is 0 Å². The molecule has 2 atom stereocenters. The second-order valence-corrected chi connectivity index (χ2v) is 5.49. The molecule has 0 aromatic heterocycles. The van der Waals surface area contributed by atoms with Gasteiger partial charge in [-0.3, -0.25) is 4.90 Å². The predicted octanol–water partition coefficient (Wildman–Crippen LogP) is 1.70. The molecule has 0 saturated heterocycles. The summed E-state index contributed by atoms with van der Waals surface area (Å²) in [6, 6.07) is -0.325. The van der Waals surface area contributed by atoms with Gasteiger partial charge in [0.2, 0.25) is 0 Å². The van der Waals surface area contributed by atoms with E-state index < -0.39 is 6.43 Å². The Hall–Kier alpha value is -0.260. The van der Waals surface area contributed by atoms with Crippen LogP contribution < -0.4 is 5.73 Å². The average molecular weight is 252 g/mol. The number of rotatable bonds is 7. The van der Waals surface area contributed by atoms with Gasteiger partial charge >= 0.3 is 0 Å². The SMILES string of the molecule is CCC(N)C(N(CCO)CC(F)F)C(C)(C)C. The highest BCUT2D eigenvalue weighted by atomic mass is 19.3. The van der Waals surface area contributed by atoms with Crippen LogP contribution in [0.2, 0.25) is 0 Å². The van der Waals surface area contributed by atoms with E-state index in [0.717, 1.165) is 6.42 Å². The monoisotopic (exact) mass is 252 g/mol. The second-order valence-electron chi connectivity index (χ2n) is 5.49. The Labute approximate surface area is 103 Å². The number of hydrogen-bond donors (Lipinski definition) is 2. The third-order valence-corrected chi connectivity index (χ3v) is 2.92. The summed E-state index contributed by atoms with van der Waals surface area (Å²) in [4.78, 5) is 1.61. The molecule has 0 spiro atoms. The van der Waals surface area contributed by atoms with Crippen LogP contribution in [-0.4, -0.2) is 48.2 Å². The molecule has 104 valence electrons. The van der Waals surface area contributed by atoms with E-state index in [4.69, 9.17) is 10.8 Å². The van der Waals surface area contributed by atoms with Crippen molar-refractivity contribution >= 4 is 0 Å². The molecule has 0 aliphatic heterocycles. The zero-order valence-corrected chi connectivity index (χ0v) is 11.3. The lowest BCUT2D eigenvalue weighted by Gasteiger charge is -2.43. The van der Waals surface area contributed by atoms with Gasteiger partial charge < -0.3 is 10.8 Å². The maximum atomic E-state index is 12.6. The third-order valence-electron chi connectivity index (χ3n) is 2.92. The van der Waals surface area contributed by atoms with Crippen molar-refractivity contribution in [2.24, 2.45) is 11.1 Å². The molecule has 0 aromatic carbocycles. The van der Waals surface area contributed by atoms with Gasteiger partial charge in [-0.1, -0.05) is 27.7 Å². The van der Waals surface area contributed by atoms with Crippen LogP contribution in [0.15, 0.2) is 0 Å². The Morgan fingerprint density at radius 2 is 1.82 bits per heavy atom. The molecule has 0 rings (SSSR count). The van der Waals surface area contributed by atoms with Crippen LogP contribution in [0.5, 0.6) is 0 Å². The fourth-order valence-corrected chi connectivity index (χ4v) is 2.33. The van der Waals surface area contributed by atoms with E-state index in [2.05, 4.69) is 0 Å². The standard InChI is InChI=1S/C12H26F2N2O/c1-5-9(15)11(12(2,3)4)16(6-7-17)8-10(13)14/h9-11,17H,5-8,15H2,1-4H3. The molecular formula is C12H26F2N2O. The zero-order chi connectivity index (χ0) is 13.6.